The number of rotatable bonds is 5. The minimum atomic E-state index is 0.474. The summed E-state index contributed by atoms with van der Waals surface area (Å²) in [5.41, 5.74) is 2.04. The Morgan fingerprint density at radius 3 is 2.78 bits per heavy atom. The second-order valence-corrected chi connectivity index (χ2v) is 4.76. The lowest BCUT2D eigenvalue weighted by molar-refractivity contribution is 0.622. The first-order chi connectivity index (χ1) is 8.72. The highest BCUT2D eigenvalue weighted by Crippen LogP contribution is 2.25. The van der Waals surface area contributed by atoms with Gasteiger partial charge >= 0.3 is 0 Å². The Balaban J connectivity index is 2.55. The van der Waals surface area contributed by atoms with Crippen LogP contribution in [0.25, 0.3) is 5.65 Å². The van der Waals surface area contributed by atoms with Crippen LogP contribution in [0, 0.1) is 0 Å². The number of nitrogens with zero attached hydrogens (tertiary/aromatic N) is 3. The van der Waals surface area contributed by atoms with Crippen LogP contribution >= 0.6 is 11.6 Å². The van der Waals surface area contributed by atoms with Gasteiger partial charge in [0.05, 0.1) is 11.6 Å². The smallest absolute Gasteiger partial charge is 0.152 e. The second kappa shape index (κ2) is 5.61. The minimum absolute atomic E-state index is 0.474. The van der Waals surface area contributed by atoms with E-state index in [1.165, 1.54) is 0 Å². The number of imidazole rings is 1. The molecule has 0 saturated carbocycles. The van der Waals surface area contributed by atoms with Gasteiger partial charge in [-0.3, -0.25) is 0 Å². The number of alkyl halides is 1. The number of hydrogen-bond acceptors (Lipinski definition) is 2. The lowest BCUT2D eigenvalue weighted by Gasteiger charge is -2.28. The summed E-state index contributed by atoms with van der Waals surface area (Å²) in [5, 5.41) is 0. The van der Waals surface area contributed by atoms with Gasteiger partial charge in [-0.25, -0.2) is 4.98 Å². The van der Waals surface area contributed by atoms with Crippen molar-refractivity contribution >= 4 is 23.1 Å². The molecule has 98 valence electrons. The summed E-state index contributed by atoms with van der Waals surface area (Å²) in [6.45, 7) is 7.53. The Bertz CT molecular complexity index is 521. The predicted octanol–water partition coefficient (Wildman–Crippen LogP) is 3.70. The van der Waals surface area contributed by atoms with Crippen molar-refractivity contribution in [1.29, 1.82) is 0 Å². The van der Waals surface area contributed by atoms with Gasteiger partial charge in [0.2, 0.25) is 0 Å². The molecule has 18 heavy (non-hydrogen) atoms. The summed E-state index contributed by atoms with van der Waals surface area (Å²) in [6.07, 6.45) is 3.12. The molecule has 0 saturated heterocycles. The highest BCUT2D eigenvalue weighted by molar-refractivity contribution is 6.17. The van der Waals surface area contributed by atoms with Gasteiger partial charge in [-0.15, -0.1) is 11.6 Å². The van der Waals surface area contributed by atoms with E-state index >= 15 is 0 Å². The molecule has 4 heteroatoms. The number of hydrogen-bond donors (Lipinski definition) is 0. The normalized spacial score (nSPS) is 12.9. The van der Waals surface area contributed by atoms with Crippen molar-refractivity contribution in [3.05, 3.63) is 30.1 Å². The number of anilines is 1. The van der Waals surface area contributed by atoms with Crippen LogP contribution in [0.3, 0.4) is 0 Å². The second-order valence-electron chi connectivity index (χ2n) is 4.49. The standard InChI is InChI=1S/C14H20ClN3/c1-4-11(3)17(5-2)14-12(10-15)18-9-7-6-8-13(18)16-14/h6-9,11H,4-5,10H2,1-3H3. The third-order valence-corrected chi connectivity index (χ3v) is 3.72. The molecule has 0 fully saturated rings. The highest BCUT2D eigenvalue weighted by Gasteiger charge is 2.19. The zero-order valence-electron chi connectivity index (χ0n) is 11.2. The molecule has 0 amide bonds. The van der Waals surface area contributed by atoms with Crippen LogP contribution < -0.4 is 4.90 Å². The van der Waals surface area contributed by atoms with Gasteiger partial charge in [0.25, 0.3) is 0 Å². The molecule has 0 bridgehead atoms. The first-order valence-electron chi connectivity index (χ1n) is 6.51. The van der Waals surface area contributed by atoms with E-state index in [4.69, 9.17) is 16.6 Å². The SMILES string of the molecule is CCC(C)N(CC)c1nc2ccccn2c1CCl. The van der Waals surface area contributed by atoms with Gasteiger partial charge in [-0.1, -0.05) is 13.0 Å². The number of pyridine rings is 1. The average Bonchev–Trinajstić information content (AvgIpc) is 2.77. The Morgan fingerprint density at radius 1 is 1.39 bits per heavy atom. The van der Waals surface area contributed by atoms with Crippen molar-refractivity contribution in [3.63, 3.8) is 0 Å². The average molecular weight is 266 g/mol. The molecular formula is C14H20ClN3. The summed E-state index contributed by atoms with van der Waals surface area (Å²) in [6, 6.07) is 6.50. The molecule has 2 aromatic rings. The molecule has 1 atom stereocenters. The number of halogens is 1. The molecule has 0 aliphatic carbocycles. The van der Waals surface area contributed by atoms with Crippen molar-refractivity contribution in [2.24, 2.45) is 0 Å². The van der Waals surface area contributed by atoms with Gasteiger partial charge in [0, 0.05) is 18.8 Å². The van der Waals surface area contributed by atoms with Crippen LogP contribution in [0.1, 0.15) is 32.9 Å². The summed E-state index contributed by atoms with van der Waals surface area (Å²) in [5.74, 6) is 1.50. The zero-order chi connectivity index (χ0) is 13.1. The van der Waals surface area contributed by atoms with Gasteiger partial charge in [-0.2, -0.15) is 0 Å². The van der Waals surface area contributed by atoms with E-state index in [-0.39, 0.29) is 0 Å². The Kier molecular flexibility index (Phi) is 4.12. The van der Waals surface area contributed by atoms with Crippen LogP contribution in [-0.2, 0) is 5.88 Å². The third kappa shape index (κ3) is 2.19. The fourth-order valence-corrected chi connectivity index (χ4v) is 2.53. The largest absolute Gasteiger partial charge is 0.353 e. The van der Waals surface area contributed by atoms with Crippen LogP contribution in [0.4, 0.5) is 5.82 Å². The third-order valence-electron chi connectivity index (χ3n) is 3.47. The van der Waals surface area contributed by atoms with Crippen molar-refractivity contribution in [2.75, 3.05) is 11.4 Å². The van der Waals surface area contributed by atoms with E-state index in [0.29, 0.717) is 11.9 Å². The summed E-state index contributed by atoms with van der Waals surface area (Å²) in [7, 11) is 0. The van der Waals surface area contributed by atoms with Gasteiger partial charge in [0.15, 0.2) is 5.82 Å². The molecule has 1 unspecified atom stereocenters. The highest BCUT2D eigenvalue weighted by atomic mass is 35.5. The topological polar surface area (TPSA) is 20.5 Å². The molecule has 0 aliphatic rings. The lowest BCUT2D eigenvalue weighted by atomic mass is 10.2. The van der Waals surface area contributed by atoms with Crippen molar-refractivity contribution in [1.82, 2.24) is 9.38 Å². The fourth-order valence-electron chi connectivity index (χ4n) is 2.28. The Hall–Kier alpha value is -1.22. The molecule has 0 radical (unpaired) electrons. The van der Waals surface area contributed by atoms with Crippen LogP contribution in [0.5, 0.6) is 0 Å². The molecule has 0 spiro atoms. The molecular weight excluding hydrogens is 246 g/mol. The van der Waals surface area contributed by atoms with E-state index in [1.54, 1.807) is 0 Å². The zero-order valence-corrected chi connectivity index (χ0v) is 12.0. The molecule has 2 heterocycles. The monoisotopic (exact) mass is 265 g/mol. The molecule has 2 aromatic heterocycles. The summed E-state index contributed by atoms with van der Waals surface area (Å²) >= 11 is 6.11. The molecule has 0 N–H and O–H groups in total. The summed E-state index contributed by atoms with van der Waals surface area (Å²) < 4.78 is 2.08. The summed E-state index contributed by atoms with van der Waals surface area (Å²) in [4.78, 5) is 7.05. The molecule has 2 rings (SSSR count). The van der Waals surface area contributed by atoms with E-state index in [9.17, 15) is 0 Å². The van der Waals surface area contributed by atoms with Gasteiger partial charge in [0.1, 0.15) is 5.65 Å². The predicted molar refractivity (Wildman–Crippen MR) is 77.5 cm³/mol. The lowest BCUT2D eigenvalue weighted by Crippen LogP contribution is -2.33. The maximum atomic E-state index is 6.11. The minimum Gasteiger partial charge on any atom is -0.353 e. The van der Waals surface area contributed by atoms with Crippen LogP contribution in [0.15, 0.2) is 24.4 Å². The van der Waals surface area contributed by atoms with Crippen molar-refractivity contribution in [2.45, 2.75) is 39.1 Å². The van der Waals surface area contributed by atoms with Gasteiger partial charge < -0.3 is 9.30 Å². The Labute approximate surface area is 113 Å². The quantitative estimate of drug-likeness (QED) is 0.769. The van der Waals surface area contributed by atoms with Crippen molar-refractivity contribution < 1.29 is 0 Å². The molecule has 0 aromatic carbocycles. The van der Waals surface area contributed by atoms with Crippen LogP contribution in [0.2, 0.25) is 0 Å². The number of aromatic nitrogens is 2. The maximum Gasteiger partial charge on any atom is 0.152 e. The maximum absolute atomic E-state index is 6.11. The van der Waals surface area contributed by atoms with E-state index < -0.39 is 0 Å². The molecule has 0 aliphatic heterocycles. The van der Waals surface area contributed by atoms with Crippen LogP contribution in [-0.4, -0.2) is 22.0 Å². The van der Waals surface area contributed by atoms with E-state index in [1.807, 2.05) is 24.4 Å². The Morgan fingerprint density at radius 2 is 2.17 bits per heavy atom. The number of fused-ring (bicyclic) bond motifs is 1. The van der Waals surface area contributed by atoms with Gasteiger partial charge in [-0.05, 0) is 32.4 Å². The first kappa shape index (κ1) is 13.2. The fraction of sp³-hybridized carbons (Fsp3) is 0.500. The van der Waals surface area contributed by atoms with E-state index in [0.717, 1.165) is 30.1 Å². The van der Waals surface area contributed by atoms with E-state index in [2.05, 4.69) is 30.1 Å². The first-order valence-corrected chi connectivity index (χ1v) is 7.04. The van der Waals surface area contributed by atoms with Crippen molar-refractivity contribution in [3.8, 4) is 0 Å². The molecule has 3 nitrogen and oxygen atoms in total.